The molecule has 2 amide bonds. The van der Waals surface area contributed by atoms with Crippen molar-refractivity contribution in [1.82, 2.24) is 19.8 Å². The molecule has 2 fully saturated rings. The van der Waals surface area contributed by atoms with Crippen molar-refractivity contribution in [3.05, 3.63) is 30.1 Å². The van der Waals surface area contributed by atoms with Gasteiger partial charge >= 0.3 is 0 Å². The Labute approximate surface area is 198 Å². The Bertz CT molecular complexity index is 921. The van der Waals surface area contributed by atoms with Crippen LogP contribution in [0.25, 0.3) is 11.0 Å². The normalized spacial score (nSPS) is 18.0. The van der Waals surface area contributed by atoms with Crippen molar-refractivity contribution in [3.63, 3.8) is 0 Å². The average molecular weight is 453 g/mol. The first-order valence-corrected chi connectivity index (χ1v) is 13.1. The van der Waals surface area contributed by atoms with Gasteiger partial charge in [-0.3, -0.25) is 9.59 Å². The summed E-state index contributed by atoms with van der Waals surface area (Å²) in [5.74, 6) is 1.13. The number of amides is 2. The number of carbonyl (C=O) groups is 2. The van der Waals surface area contributed by atoms with Gasteiger partial charge in [0.15, 0.2) is 0 Å². The number of nitrogens with zero attached hydrogens (tertiary/aromatic N) is 3. The molecule has 2 aromatic rings. The van der Waals surface area contributed by atoms with Gasteiger partial charge in [0.1, 0.15) is 12.4 Å². The average Bonchev–Trinajstić information content (AvgIpc) is 3.17. The Hall–Kier alpha value is -2.37. The second-order valence-corrected chi connectivity index (χ2v) is 10.2. The quantitative estimate of drug-likeness (QED) is 0.623. The molecule has 1 aromatic carbocycles. The van der Waals surface area contributed by atoms with Gasteiger partial charge in [0.25, 0.3) is 0 Å². The Morgan fingerprint density at radius 3 is 2.21 bits per heavy atom. The van der Waals surface area contributed by atoms with Crippen LogP contribution in [0.1, 0.15) is 83.9 Å². The van der Waals surface area contributed by atoms with Crippen molar-refractivity contribution < 1.29 is 9.59 Å². The predicted octanol–water partition coefficient (Wildman–Crippen LogP) is 4.85. The van der Waals surface area contributed by atoms with E-state index in [2.05, 4.69) is 20.9 Å². The second kappa shape index (κ2) is 11.2. The number of para-hydroxylation sites is 2. The molecule has 33 heavy (non-hydrogen) atoms. The van der Waals surface area contributed by atoms with Crippen LogP contribution in [0.15, 0.2) is 24.3 Å². The number of hydrogen-bond donors (Lipinski definition) is 1. The summed E-state index contributed by atoms with van der Waals surface area (Å²) in [5.41, 5.74) is 1.92. The molecule has 2 aliphatic carbocycles. The monoisotopic (exact) mass is 452 g/mol. The van der Waals surface area contributed by atoms with E-state index in [-0.39, 0.29) is 17.7 Å². The molecule has 2 aliphatic rings. The highest BCUT2D eigenvalue weighted by atomic mass is 16.2. The van der Waals surface area contributed by atoms with Gasteiger partial charge in [-0.05, 0) is 37.8 Å². The summed E-state index contributed by atoms with van der Waals surface area (Å²) in [6.07, 6.45) is 12.7. The van der Waals surface area contributed by atoms with Crippen molar-refractivity contribution in [2.45, 2.75) is 103 Å². The van der Waals surface area contributed by atoms with Crippen molar-refractivity contribution in [2.24, 2.45) is 5.92 Å². The van der Waals surface area contributed by atoms with Gasteiger partial charge in [0.05, 0.1) is 11.0 Å². The van der Waals surface area contributed by atoms with Crippen LogP contribution < -0.4 is 5.32 Å². The van der Waals surface area contributed by atoms with Crippen molar-refractivity contribution in [3.8, 4) is 0 Å². The van der Waals surface area contributed by atoms with Gasteiger partial charge in [0.2, 0.25) is 11.8 Å². The minimum absolute atomic E-state index is 0.0371. The van der Waals surface area contributed by atoms with E-state index in [1.54, 1.807) is 0 Å². The largest absolute Gasteiger partial charge is 0.355 e. The third-order valence-electron chi connectivity index (χ3n) is 7.42. The van der Waals surface area contributed by atoms with Crippen LogP contribution in [0.2, 0.25) is 0 Å². The third-order valence-corrected chi connectivity index (χ3v) is 7.42. The number of imidazole rings is 1. The zero-order valence-corrected chi connectivity index (χ0v) is 20.4. The first-order valence-electron chi connectivity index (χ1n) is 13.1. The molecule has 0 unspecified atom stereocenters. The van der Waals surface area contributed by atoms with Gasteiger partial charge in [-0.1, -0.05) is 64.5 Å². The molecule has 0 aliphatic heterocycles. The summed E-state index contributed by atoms with van der Waals surface area (Å²) in [4.78, 5) is 33.0. The number of carbonyl (C=O) groups excluding carboxylic acids is 2. The van der Waals surface area contributed by atoms with Crippen LogP contribution in [0.4, 0.5) is 0 Å². The number of hydrogen-bond acceptors (Lipinski definition) is 3. The highest BCUT2D eigenvalue weighted by Crippen LogP contribution is 2.31. The highest BCUT2D eigenvalue weighted by Gasteiger charge is 2.33. The highest BCUT2D eigenvalue weighted by molar-refractivity contribution is 5.82. The molecule has 1 heterocycles. The first kappa shape index (κ1) is 23.8. The van der Waals surface area contributed by atoms with E-state index in [4.69, 9.17) is 4.98 Å². The van der Waals surface area contributed by atoms with Gasteiger partial charge in [-0.25, -0.2) is 4.98 Å². The van der Waals surface area contributed by atoms with E-state index in [0.717, 1.165) is 42.5 Å². The summed E-state index contributed by atoms with van der Waals surface area (Å²) in [5, 5.41) is 2.99. The molecule has 6 nitrogen and oxygen atoms in total. The number of fused-ring (bicyclic) bond motifs is 1. The van der Waals surface area contributed by atoms with Crippen molar-refractivity contribution in [2.75, 3.05) is 6.54 Å². The number of aromatic nitrogens is 2. The molecule has 0 spiro atoms. The Morgan fingerprint density at radius 2 is 1.61 bits per heavy atom. The summed E-state index contributed by atoms with van der Waals surface area (Å²) in [6.45, 7) is 4.66. The van der Waals surface area contributed by atoms with Crippen molar-refractivity contribution in [1.29, 1.82) is 0 Å². The summed E-state index contributed by atoms with van der Waals surface area (Å²) in [7, 11) is 0. The van der Waals surface area contributed by atoms with E-state index < -0.39 is 0 Å². The number of nitrogens with one attached hydrogen (secondary N) is 1. The Kier molecular flexibility index (Phi) is 8.05. The van der Waals surface area contributed by atoms with Crippen LogP contribution >= 0.6 is 0 Å². The second-order valence-electron chi connectivity index (χ2n) is 10.2. The SMILES string of the molecule is CC(C)C(=O)NCCc1nc2ccccc2n1CC(=O)N(C1CCCCC1)C1CCCCC1. The molecule has 0 radical (unpaired) electrons. The van der Waals surface area contributed by atoms with E-state index in [1.807, 2.05) is 32.0 Å². The molecule has 0 bridgehead atoms. The van der Waals surface area contributed by atoms with Crippen LogP contribution in [-0.4, -0.2) is 44.9 Å². The molecule has 0 atom stereocenters. The molecule has 1 N–H and O–H groups in total. The molecule has 4 rings (SSSR count). The van der Waals surface area contributed by atoms with Crippen molar-refractivity contribution >= 4 is 22.8 Å². The standard InChI is InChI=1S/C27H40N4O2/c1-20(2)27(33)28-18-17-25-29-23-15-9-10-16-24(23)30(25)19-26(32)31(21-11-5-3-6-12-21)22-13-7-4-8-14-22/h9-10,15-16,20-22H,3-8,11-14,17-19H2,1-2H3,(H,28,33). The minimum Gasteiger partial charge on any atom is -0.355 e. The lowest BCUT2D eigenvalue weighted by Gasteiger charge is -2.42. The van der Waals surface area contributed by atoms with Gasteiger partial charge in [-0.2, -0.15) is 0 Å². The molecule has 6 heteroatoms. The molecular weight excluding hydrogens is 412 g/mol. The molecule has 1 aromatic heterocycles. The Morgan fingerprint density at radius 1 is 1.00 bits per heavy atom. The number of benzene rings is 1. The van der Waals surface area contributed by atoms with E-state index in [1.165, 1.54) is 38.5 Å². The fourth-order valence-electron chi connectivity index (χ4n) is 5.64. The van der Waals surface area contributed by atoms with Crippen LogP contribution in [0.3, 0.4) is 0 Å². The lowest BCUT2D eigenvalue weighted by Crippen LogP contribution is -2.50. The fraction of sp³-hybridized carbons (Fsp3) is 0.667. The van der Waals surface area contributed by atoms with Crippen LogP contribution in [0, 0.1) is 5.92 Å². The smallest absolute Gasteiger partial charge is 0.243 e. The lowest BCUT2D eigenvalue weighted by atomic mass is 9.88. The van der Waals surface area contributed by atoms with E-state index in [0.29, 0.717) is 31.6 Å². The maximum Gasteiger partial charge on any atom is 0.243 e. The number of rotatable bonds is 8. The fourth-order valence-corrected chi connectivity index (χ4v) is 5.64. The summed E-state index contributed by atoms with van der Waals surface area (Å²) < 4.78 is 2.10. The summed E-state index contributed by atoms with van der Waals surface area (Å²) in [6, 6.07) is 8.83. The molecular formula is C27H40N4O2. The minimum atomic E-state index is -0.0371. The van der Waals surface area contributed by atoms with Gasteiger partial charge in [-0.15, -0.1) is 0 Å². The van der Waals surface area contributed by atoms with Gasteiger partial charge in [0, 0.05) is 31.0 Å². The Balaban J connectivity index is 1.56. The maximum atomic E-state index is 13.9. The van der Waals surface area contributed by atoms with Crippen LogP contribution in [0.5, 0.6) is 0 Å². The van der Waals surface area contributed by atoms with Gasteiger partial charge < -0.3 is 14.8 Å². The van der Waals surface area contributed by atoms with E-state index in [9.17, 15) is 9.59 Å². The maximum absolute atomic E-state index is 13.9. The molecule has 2 saturated carbocycles. The predicted molar refractivity (Wildman–Crippen MR) is 132 cm³/mol. The lowest BCUT2D eigenvalue weighted by molar-refractivity contribution is -0.138. The zero-order valence-electron chi connectivity index (χ0n) is 20.4. The summed E-state index contributed by atoms with van der Waals surface area (Å²) >= 11 is 0. The topological polar surface area (TPSA) is 67.2 Å². The first-order chi connectivity index (χ1) is 16.0. The molecule has 180 valence electrons. The van der Waals surface area contributed by atoms with E-state index >= 15 is 0 Å². The van der Waals surface area contributed by atoms with Crippen LogP contribution in [-0.2, 0) is 22.6 Å². The zero-order chi connectivity index (χ0) is 23.2. The third kappa shape index (κ3) is 5.77. The molecule has 0 saturated heterocycles.